The Morgan fingerprint density at radius 2 is 1.90 bits per heavy atom. The predicted molar refractivity (Wildman–Crippen MR) is 82.3 cm³/mol. The van der Waals surface area contributed by atoms with E-state index in [9.17, 15) is 4.79 Å². The molecule has 2 rings (SSSR count). The Labute approximate surface area is 126 Å². The van der Waals surface area contributed by atoms with Crippen molar-refractivity contribution in [1.29, 1.82) is 0 Å². The topological polar surface area (TPSA) is 73.9 Å². The second kappa shape index (κ2) is 6.13. The molecule has 0 aliphatic heterocycles. The summed E-state index contributed by atoms with van der Waals surface area (Å²) < 4.78 is 0. The number of carbonyl (C=O) groups is 1. The Morgan fingerprint density at radius 3 is 2.38 bits per heavy atom. The van der Waals surface area contributed by atoms with Gasteiger partial charge in [-0.1, -0.05) is 20.8 Å². The minimum Gasteiger partial charge on any atom is -0.336 e. The molecule has 0 aromatic carbocycles. The van der Waals surface area contributed by atoms with Crippen molar-refractivity contribution < 1.29 is 4.79 Å². The van der Waals surface area contributed by atoms with Crippen LogP contribution in [0.15, 0.2) is 0 Å². The van der Waals surface area contributed by atoms with Crippen LogP contribution in [0.25, 0.3) is 0 Å². The van der Waals surface area contributed by atoms with Crippen LogP contribution >= 0.6 is 0 Å². The van der Waals surface area contributed by atoms with Crippen molar-refractivity contribution in [2.45, 2.75) is 64.0 Å². The lowest BCUT2D eigenvalue weighted by molar-refractivity contribution is 0.0673. The number of carbonyl (C=O) groups excluding carboxylic acids is 1. The first-order valence-electron chi connectivity index (χ1n) is 7.70. The molecule has 2 N–H and O–H groups in total. The Balaban J connectivity index is 2.01. The Morgan fingerprint density at radius 1 is 1.29 bits per heavy atom. The fourth-order valence-corrected chi connectivity index (χ4v) is 2.77. The van der Waals surface area contributed by atoms with E-state index >= 15 is 0 Å². The van der Waals surface area contributed by atoms with E-state index in [1.165, 1.54) is 0 Å². The van der Waals surface area contributed by atoms with E-state index < -0.39 is 0 Å². The van der Waals surface area contributed by atoms with Gasteiger partial charge in [0.15, 0.2) is 0 Å². The van der Waals surface area contributed by atoms with Crippen LogP contribution in [0, 0.1) is 0 Å². The van der Waals surface area contributed by atoms with Crippen LogP contribution < -0.4 is 5.32 Å². The third kappa shape index (κ3) is 3.61. The van der Waals surface area contributed by atoms with E-state index in [1.807, 2.05) is 39.8 Å². The lowest BCUT2D eigenvalue weighted by atomic mass is 9.90. The van der Waals surface area contributed by atoms with E-state index in [-0.39, 0.29) is 17.1 Å². The highest BCUT2D eigenvalue weighted by Crippen LogP contribution is 2.23. The Bertz CT molecular complexity index is 482. The largest absolute Gasteiger partial charge is 0.336 e. The summed E-state index contributed by atoms with van der Waals surface area (Å²) in [6, 6.07) is 0.874. The number of rotatable bonds is 3. The number of aromatic amines is 1. The summed E-state index contributed by atoms with van der Waals surface area (Å²) in [6.45, 7) is 6.14. The van der Waals surface area contributed by atoms with Crippen LogP contribution in [0.5, 0.6) is 0 Å². The molecule has 1 aliphatic rings. The Kier molecular flexibility index (Phi) is 4.66. The van der Waals surface area contributed by atoms with E-state index in [4.69, 9.17) is 0 Å². The molecule has 118 valence electrons. The van der Waals surface area contributed by atoms with Crippen LogP contribution in [0.1, 0.15) is 62.9 Å². The monoisotopic (exact) mass is 293 g/mol. The highest BCUT2D eigenvalue weighted by molar-refractivity contribution is 5.90. The molecule has 6 nitrogen and oxygen atoms in total. The van der Waals surface area contributed by atoms with Gasteiger partial charge in [0.1, 0.15) is 5.82 Å². The highest BCUT2D eigenvalue weighted by atomic mass is 16.2. The fourth-order valence-electron chi connectivity index (χ4n) is 2.77. The third-order valence-corrected chi connectivity index (χ3v) is 4.36. The fraction of sp³-hybridized carbons (Fsp3) is 0.800. The molecule has 21 heavy (non-hydrogen) atoms. The number of H-pyrrole nitrogens is 1. The van der Waals surface area contributed by atoms with Crippen LogP contribution in [-0.4, -0.2) is 52.2 Å². The lowest BCUT2D eigenvalue weighted by Crippen LogP contribution is -2.42. The molecule has 1 saturated carbocycles. The molecule has 0 saturated heterocycles. The van der Waals surface area contributed by atoms with Gasteiger partial charge in [0.2, 0.25) is 5.82 Å². The van der Waals surface area contributed by atoms with Gasteiger partial charge >= 0.3 is 0 Å². The standard InChI is InChI=1S/C15H27N5O/c1-15(2,3)14-17-12(18-19-14)13(21)20(5)11-8-6-10(16-4)7-9-11/h10-11,16H,6-9H2,1-5H3,(H,17,18,19). The zero-order chi connectivity index (χ0) is 15.6. The van der Waals surface area contributed by atoms with Crippen molar-refractivity contribution in [2.24, 2.45) is 0 Å². The minimum absolute atomic E-state index is 0.0883. The summed E-state index contributed by atoms with van der Waals surface area (Å²) in [7, 11) is 3.86. The number of nitrogens with one attached hydrogen (secondary N) is 2. The predicted octanol–water partition coefficient (Wildman–Crippen LogP) is 1.70. The van der Waals surface area contributed by atoms with Gasteiger partial charge in [-0.15, -0.1) is 5.10 Å². The number of hydrogen-bond donors (Lipinski definition) is 2. The molecule has 1 aliphatic carbocycles. The van der Waals surface area contributed by atoms with Gasteiger partial charge in [-0.2, -0.15) is 0 Å². The minimum atomic E-state index is -0.130. The maximum atomic E-state index is 12.5. The molecule has 0 atom stereocenters. The average Bonchev–Trinajstić information content (AvgIpc) is 2.95. The van der Waals surface area contributed by atoms with Crippen molar-refractivity contribution in [2.75, 3.05) is 14.1 Å². The summed E-state index contributed by atoms with van der Waals surface area (Å²) >= 11 is 0. The van der Waals surface area contributed by atoms with E-state index in [0.717, 1.165) is 31.5 Å². The van der Waals surface area contributed by atoms with Crippen molar-refractivity contribution in [3.8, 4) is 0 Å². The van der Waals surface area contributed by atoms with Gasteiger partial charge in [-0.3, -0.25) is 9.89 Å². The number of aromatic nitrogens is 3. The number of nitrogens with zero attached hydrogens (tertiary/aromatic N) is 3. The molecule has 1 heterocycles. The second-order valence-electron chi connectivity index (χ2n) is 6.97. The van der Waals surface area contributed by atoms with Crippen molar-refractivity contribution in [3.63, 3.8) is 0 Å². The smallest absolute Gasteiger partial charge is 0.293 e. The number of amides is 1. The highest BCUT2D eigenvalue weighted by Gasteiger charge is 2.29. The van der Waals surface area contributed by atoms with Gasteiger partial charge in [-0.25, -0.2) is 4.98 Å². The van der Waals surface area contributed by atoms with E-state index in [0.29, 0.717) is 12.1 Å². The van der Waals surface area contributed by atoms with E-state index in [1.54, 1.807) is 0 Å². The van der Waals surface area contributed by atoms with Crippen molar-refractivity contribution in [1.82, 2.24) is 25.4 Å². The molecular weight excluding hydrogens is 266 g/mol. The van der Waals surface area contributed by atoms with Crippen LogP contribution in [-0.2, 0) is 5.41 Å². The van der Waals surface area contributed by atoms with Crippen LogP contribution in [0.2, 0.25) is 0 Å². The maximum Gasteiger partial charge on any atom is 0.293 e. The molecule has 1 aromatic heterocycles. The first kappa shape index (κ1) is 15.9. The zero-order valence-corrected chi connectivity index (χ0v) is 13.7. The first-order chi connectivity index (χ1) is 9.82. The number of hydrogen-bond acceptors (Lipinski definition) is 4. The molecule has 6 heteroatoms. The molecule has 0 bridgehead atoms. The second-order valence-corrected chi connectivity index (χ2v) is 6.97. The average molecular weight is 293 g/mol. The molecule has 1 aromatic rings. The molecular formula is C15H27N5O. The molecule has 1 fully saturated rings. The zero-order valence-electron chi connectivity index (χ0n) is 13.7. The van der Waals surface area contributed by atoms with Gasteiger partial charge in [0.25, 0.3) is 5.91 Å². The first-order valence-corrected chi connectivity index (χ1v) is 7.70. The molecule has 0 radical (unpaired) electrons. The van der Waals surface area contributed by atoms with Gasteiger partial charge in [-0.05, 0) is 32.7 Å². The lowest BCUT2D eigenvalue weighted by Gasteiger charge is -2.34. The summed E-state index contributed by atoms with van der Waals surface area (Å²) in [5.41, 5.74) is -0.130. The third-order valence-electron chi connectivity index (χ3n) is 4.36. The van der Waals surface area contributed by atoms with Gasteiger partial charge in [0.05, 0.1) is 0 Å². The SMILES string of the molecule is CNC1CCC(N(C)C(=O)c2n[nH]c(C(C)(C)C)n2)CC1. The van der Waals surface area contributed by atoms with Gasteiger partial charge < -0.3 is 10.2 Å². The van der Waals surface area contributed by atoms with Crippen LogP contribution in [0.3, 0.4) is 0 Å². The van der Waals surface area contributed by atoms with Crippen molar-refractivity contribution >= 4 is 5.91 Å². The normalized spacial score (nSPS) is 23.1. The van der Waals surface area contributed by atoms with Crippen molar-refractivity contribution in [3.05, 3.63) is 11.6 Å². The Hall–Kier alpha value is -1.43. The summed E-state index contributed by atoms with van der Waals surface area (Å²) in [6.07, 6.45) is 4.29. The van der Waals surface area contributed by atoms with Crippen LogP contribution in [0.4, 0.5) is 0 Å². The maximum absolute atomic E-state index is 12.5. The molecule has 1 amide bonds. The quantitative estimate of drug-likeness (QED) is 0.889. The summed E-state index contributed by atoms with van der Waals surface area (Å²) in [5, 5.41) is 10.3. The summed E-state index contributed by atoms with van der Waals surface area (Å²) in [4.78, 5) is 18.7. The van der Waals surface area contributed by atoms with Gasteiger partial charge in [0, 0.05) is 24.5 Å². The van der Waals surface area contributed by atoms with E-state index in [2.05, 4.69) is 20.5 Å². The summed E-state index contributed by atoms with van der Waals surface area (Å²) in [5.74, 6) is 0.936. The molecule has 0 spiro atoms. The molecule has 0 unspecified atom stereocenters.